The second-order valence-electron chi connectivity index (χ2n) is 6.18. The van der Waals surface area contributed by atoms with Gasteiger partial charge in [0.25, 0.3) is 5.91 Å². The molecule has 0 spiro atoms. The minimum Gasteiger partial charge on any atom is -0.496 e. The molecule has 2 rings (SSSR count). The van der Waals surface area contributed by atoms with Crippen LogP contribution >= 0.6 is 0 Å². The lowest BCUT2D eigenvalue weighted by molar-refractivity contribution is 0.0938. The molecular weight excluding hydrogens is 288 g/mol. The summed E-state index contributed by atoms with van der Waals surface area (Å²) in [4.78, 5) is 15.1. The third-order valence-electron chi connectivity index (χ3n) is 4.87. The highest BCUT2D eigenvalue weighted by Crippen LogP contribution is 2.27. The number of likely N-dealkylation sites (N-methyl/N-ethyl adjacent to an activating group) is 1. The van der Waals surface area contributed by atoms with Gasteiger partial charge >= 0.3 is 0 Å². The third-order valence-corrected chi connectivity index (χ3v) is 4.87. The number of methoxy groups -OCH3 is 1. The highest BCUT2D eigenvalue weighted by Gasteiger charge is 2.24. The predicted molar refractivity (Wildman–Crippen MR) is 94.4 cm³/mol. The first-order chi connectivity index (χ1) is 11.1. The Morgan fingerprint density at radius 3 is 2.70 bits per heavy atom. The van der Waals surface area contributed by atoms with Gasteiger partial charge in [0.15, 0.2) is 0 Å². The maximum atomic E-state index is 12.7. The number of rotatable bonds is 7. The van der Waals surface area contributed by atoms with E-state index < -0.39 is 0 Å². The van der Waals surface area contributed by atoms with Crippen LogP contribution in [-0.2, 0) is 12.8 Å². The molecule has 1 atom stereocenters. The van der Waals surface area contributed by atoms with Gasteiger partial charge in [0.05, 0.1) is 12.7 Å². The Balaban J connectivity index is 2.14. The van der Waals surface area contributed by atoms with Gasteiger partial charge in [0, 0.05) is 12.6 Å². The van der Waals surface area contributed by atoms with Crippen LogP contribution in [-0.4, -0.2) is 43.6 Å². The first kappa shape index (κ1) is 17.8. The van der Waals surface area contributed by atoms with Crippen LogP contribution in [0.1, 0.15) is 55.1 Å². The predicted octanol–water partition coefficient (Wildman–Crippen LogP) is 3.03. The van der Waals surface area contributed by atoms with Crippen molar-refractivity contribution in [1.82, 2.24) is 10.2 Å². The van der Waals surface area contributed by atoms with Gasteiger partial charge in [-0.25, -0.2) is 0 Å². The number of nitrogens with one attached hydrogen (secondary N) is 1. The number of benzene rings is 1. The van der Waals surface area contributed by atoms with Crippen molar-refractivity contribution >= 4 is 5.91 Å². The summed E-state index contributed by atoms with van der Waals surface area (Å²) < 4.78 is 5.53. The fraction of sp³-hybridized carbons (Fsp3) is 0.632. The minimum absolute atomic E-state index is 0.0187. The number of aryl methyl sites for hydroxylation is 2. The van der Waals surface area contributed by atoms with Crippen molar-refractivity contribution in [3.8, 4) is 5.75 Å². The van der Waals surface area contributed by atoms with Gasteiger partial charge in [-0.05, 0) is 56.0 Å². The van der Waals surface area contributed by atoms with E-state index >= 15 is 0 Å². The first-order valence-electron chi connectivity index (χ1n) is 8.86. The Bertz CT molecular complexity index is 542. The zero-order chi connectivity index (χ0) is 16.8. The number of carbonyl (C=O) groups excluding carboxylic acids is 1. The van der Waals surface area contributed by atoms with Crippen molar-refractivity contribution in [1.29, 1.82) is 0 Å². The van der Waals surface area contributed by atoms with E-state index in [1.54, 1.807) is 7.11 Å². The van der Waals surface area contributed by atoms with E-state index in [9.17, 15) is 4.79 Å². The summed E-state index contributed by atoms with van der Waals surface area (Å²) in [6, 6.07) is 4.58. The van der Waals surface area contributed by atoms with Crippen molar-refractivity contribution in [3.05, 3.63) is 28.8 Å². The molecule has 1 aromatic carbocycles. The quantitative estimate of drug-likeness (QED) is 0.840. The molecule has 1 unspecified atom stereocenters. The molecule has 0 radical (unpaired) electrons. The molecule has 1 aromatic rings. The summed E-state index contributed by atoms with van der Waals surface area (Å²) in [5, 5.41) is 3.12. The summed E-state index contributed by atoms with van der Waals surface area (Å²) in [7, 11) is 1.65. The molecular formula is C19H30N2O2. The molecule has 128 valence electrons. The minimum atomic E-state index is -0.0187. The molecule has 23 heavy (non-hydrogen) atoms. The van der Waals surface area contributed by atoms with Gasteiger partial charge in [0.1, 0.15) is 5.75 Å². The molecule has 1 fully saturated rings. The number of amides is 1. The third kappa shape index (κ3) is 4.05. The Labute approximate surface area is 140 Å². The molecule has 1 amide bonds. The summed E-state index contributed by atoms with van der Waals surface area (Å²) in [6.45, 7) is 9.30. The molecule has 1 aliphatic rings. The Morgan fingerprint density at radius 2 is 2.09 bits per heavy atom. The van der Waals surface area contributed by atoms with Crippen LogP contribution in [0.2, 0.25) is 0 Å². The van der Waals surface area contributed by atoms with E-state index in [1.807, 2.05) is 6.07 Å². The first-order valence-corrected chi connectivity index (χ1v) is 8.86. The van der Waals surface area contributed by atoms with Crippen LogP contribution in [0.25, 0.3) is 0 Å². The van der Waals surface area contributed by atoms with Gasteiger partial charge in [-0.3, -0.25) is 9.69 Å². The topological polar surface area (TPSA) is 41.6 Å². The standard InChI is InChI=1S/C19H30N2O2/c1-5-14-11-15(6-2)18(23-4)17(12-14)19(22)20-13-16-9-8-10-21(16)7-3/h11-12,16H,5-10,13H2,1-4H3,(H,20,22). The van der Waals surface area contributed by atoms with E-state index in [0.29, 0.717) is 18.2 Å². The molecule has 4 nitrogen and oxygen atoms in total. The van der Waals surface area contributed by atoms with Gasteiger partial charge in [0.2, 0.25) is 0 Å². The van der Waals surface area contributed by atoms with Crippen LogP contribution in [0.15, 0.2) is 12.1 Å². The van der Waals surface area contributed by atoms with Crippen LogP contribution in [0.3, 0.4) is 0 Å². The highest BCUT2D eigenvalue weighted by molar-refractivity contribution is 5.97. The fourth-order valence-corrected chi connectivity index (χ4v) is 3.48. The van der Waals surface area contributed by atoms with E-state index in [0.717, 1.165) is 37.2 Å². The van der Waals surface area contributed by atoms with Crippen LogP contribution in [0.4, 0.5) is 0 Å². The van der Waals surface area contributed by atoms with E-state index in [1.165, 1.54) is 18.4 Å². The van der Waals surface area contributed by atoms with Crippen LogP contribution in [0.5, 0.6) is 5.75 Å². The van der Waals surface area contributed by atoms with Crippen molar-refractivity contribution in [2.45, 2.75) is 52.5 Å². The van der Waals surface area contributed by atoms with Crippen molar-refractivity contribution in [2.75, 3.05) is 26.7 Å². The number of hydrogen-bond donors (Lipinski definition) is 1. The molecule has 4 heteroatoms. The van der Waals surface area contributed by atoms with Crippen LogP contribution in [0, 0.1) is 0 Å². The fourth-order valence-electron chi connectivity index (χ4n) is 3.48. The molecule has 1 aliphatic heterocycles. The summed E-state index contributed by atoms with van der Waals surface area (Å²) in [6.07, 6.45) is 4.18. The SMILES string of the molecule is CCc1cc(CC)c(OC)c(C(=O)NCC2CCCN2CC)c1. The van der Waals surface area contributed by atoms with Gasteiger partial charge < -0.3 is 10.1 Å². The Morgan fingerprint density at radius 1 is 1.30 bits per heavy atom. The molecule has 1 heterocycles. The lowest BCUT2D eigenvalue weighted by atomic mass is 10.00. The molecule has 1 saturated heterocycles. The second-order valence-corrected chi connectivity index (χ2v) is 6.18. The average Bonchev–Trinajstić information content (AvgIpc) is 3.05. The normalized spacial score (nSPS) is 18.2. The van der Waals surface area contributed by atoms with Gasteiger partial charge in [-0.1, -0.05) is 26.8 Å². The highest BCUT2D eigenvalue weighted by atomic mass is 16.5. The molecule has 0 bridgehead atoms. The summed E-state index contributed by atoms with van der Waals surface area (Å²) in [5.74, 6) is 0.704. The monoisotopic (exact) mass is 318 g/mol. The molecule has 1 N–H and O–H groups in total. The van der Waals surface area contributed by atoms with E-state index in [2.05, 4.69) is 37.1 Å². The van der Waals surface area contributed by atoms with Crippen LogP contribution < -0.4 is 10.1 Å². The number of ether oxygens (including phenoxy) is 1. The Hall–Kier alpha value is -1.55. The lowest BCUT2D eigenvalue weighted by Crippen LogP contribution is -2.40. The van der Waals surface area contributed by atoms with E-state index in [-0.39, 0.29) is 5.91 Å². The van der Waals surface area contributed by atoms with Crippen molar-refractivity contribution in [2.24, 2.45) is 0 Å². The van der Waals surface area contributed by atoms with Crippen molar-refractivity contribution < 1.29 is 9.53 Å². The average molecular weight is 318 g/mol. The molecule has 0 saturated carbocycles. The largest absolute Gasteiger partial charge is 0.496 e. The van der Waals surface area contributed by atoms with Gasteiger partial charge in [-0.2, -0.15) is 0 Å². The number of likely N-dealkylation sites (tertiary alicyclic amines) is 1. The molecule has 0 aliphatic carbocycles. The van der Waals surface area contributed by atoms with Crippen molar-refractivity contribution in [3.63, 3.8) is 0 Å². The Kier molecular flexibility index (Phi) is 6.46. The second kappa shape index (κ2) is 8.34. The summed E-state index contributed by atoms with van der Waals surface area (Å²) >= 11 is 0. The molecule has 0 aromatic heterocycles. The zero-order valence-corrected chi connectivity index (χ0v) is 14.9. The smallest absolute Gasteiger partial charge is 0.255 e. The number of carbonyl (C=O) groups is 1. The number of hydrogen-bond acceptors (Lipinski definition) is 3. The summed E-state index contributed by atoms with van der Waals surface area (Å²) in [5.41, 5.74) is 2.96. The lowest BCUT2D eigenvalue weighted by Gasteiger charge is -2.23. The van der Waals surface area contributed by atoms with Gasteiger partial charge in [-0.15, -0.1) is 0 Å². The number of nitrogens with zero attached hydrogens (tertiary/aromatic N) is 1. The zero-order valence-electron chi connectivity index (χ0n) is 14.9. The van der Waals surface area contributed by atoms with E-state index in [4.69, 9.17) is 4.74 Å². The maximum absolute atomic E-state index is 12.7. The maximum Gasteiger partial charge on any atom is 0.255 e.